The first kappa shape index (κ1) is 21.7. The van der Waals surface area contributed by atoms with E-state index in [1.54, 1.807) is 6.07 Å². The quantitative estimate of drug-likeness (QED) is 0.623. The van der Waals surface area contributed by atoms with Crippen molar-refractivity contribution in [3.05, 3.63) is 41.0 Å². The van der Waals surface area contributed by atoms with Gasteiger partial charge in [-0.1, -0.05) is 53.7 Å². The van der Waals surface area contributed by atoms with Crippen molar-refractivity contribution in [2.24, 2.45) is 0 Å². The maximum Gasteiger partial charge on any atom is 1.00 e. The molecule has 0 aliphatic heterocycles. The molecule has 0 aliphatic carbocycles. The zero-order chi connectivity index (χ0) is 17.5. The zero-order valence-electron chi connectivity index (χ0n) is 15.7. The summed E-state index contributed by atoms with van der Waals surface area (Å²) in [5.41, 5.74) is 3.57. The van der Waals surface area contributed by atoms with E-state index in [4.69, 9.17) is 0 Å². The summed E-state index contributed by atoms with van der Waals surface area (Å²) in [6.45, 7) is 12.8. The van der Waals surface area contributed by atoms with Crippen LogP contribution in [-0.2, 0) is 10.1 Å². The molecule has 0 saturated carbocycles. The second kappa shape index (κ2) is 7.88. The summed E-state index contributed by atoms with van der Waals surface area (Å²) in [4.78, 5) is -0.117. The Morgan fingerprint density at radius 3 is 1.79 bits per heavy atom. The van der Waals surface area contributed by atoms with Crippen LogP contribution in [0.3, 0.4) is 0 Å². The van der Waals surface area contributed by atoms with Gasteiger partial charge < -0.3 is 4.55 Å². The van der Waals surface area contributed by atoms with E-state index in [9.17, 15) is 13.0 Å². The third kappa shape index (κ3) is 4.05. The fourth-order valence-corrected chi connectivity index (χ4v) is 4.11. The fourth-order valence-electron chi connectivity index (χ4n) is 3.42. The van der Waals surface area contributed by atoms with E-state index in [1.165, 1.54) is 11.6 Å². The SMILES string of the molecule is CC(C)c1cc2c(S(=O)(=O)[O-])cccc2c(C(C)C)c1C(C)C.[Na+]. The van der Waals surface area contributed by atoms with E-state index in [0.29, 0.717) is 11.3 Å². The Balaban J connectivity index is 0.00000288. The van der Waals surface area contributed by atoms with Crippen LogP contribution in [0.15, 0.2) is 29.2 Å². The van der Waals surface area contributed by atoms with Gasteiger partial charge in [0.05, 0.1) is 4.90 Å². The van der Waals surface area contributed by atoms with Crippen molar-refractivity contribution in [1.29, 1.82) is 0 Å². The number of rotatable bonds is 4. The summed E-state index contributed by atoms with van der Waals surface area (Å²) < 4.78 is 35.0. The predicted molar refractivity (Wildman–Crippen MR) is 94.2 cm³/mol. The van der Waals surface area contributed by atoms with Gasteiger partial charge in [-0.2, -0.15) is 0 Å². The normalized spacial score (nSPS) is 12.2. The van der Waals surface area contributed by atoms with E-state index >= 15 is 0 Å². The summed E-state index contributed by atoms with van der Waals surface area (Å²) in [7, 11) is -4.50. The molecule has 126 valence electrons. The summed E-state index contributed by atoms with van der Waals surface area (Å²) in [6.07, 6.45) is 0. The molecule has 3 nitrogen and oxygen atoms in total. The third-order valence-corrected chi connectivity index (χ3v) is 5.20. The molecule has 0 fully saturated rings. The molecule has 0 atom stereocenters. The zero-order valence-corrected chi connectivity index (χ0v) is 18.5. The van der Waals surface area contributed by atoms with Crippen LogP contribution in [0.4, 0.5) is 0 Å². The van der Waals surface area contributed by atoms with Gasteiger partial charge >= 0.3 is 29.6 Å². The molecular formula is C19H25NaO3S. The van der Waals surface area contributed by atoms with Crippen LogP contribution >= 0.6 is 0 Å². The summed E-state index contributed by atoms with van der Waals surface area (Å²) in [5, 5.41) is 1.43. The molecule has 0 aromatic heterocycles. The van der Waals surface area contributed by atoms with Gasteiger partial charge in [0, 0.05) is 0 Å². The maximum absolute atomic E-state index is 11.7. The number of fused-ring (bicyclic) bond motifs is 1. The van der Waals surface area contributed by atoms with Gasteiger partial charge in [-0.05, 0) is 57.3 Å². The Bertz CT molecular complexity index is 837. The molecule has 2 aromatic carbocycles. The minimum absolute atomic E-state index is 0. The third-order valence-electron chi connectivity index (χ3n) is 4.30. The topological polar surface area (TPSA) is 57.2 Å². The molecule has 0 radical (unpaired) electrons. The van der Waals surface area contributed by atoms with Crippen molar-refractivity contribution in [3.8, 4) is 0 Å². The van der Waals surface area contributed by atoms with Crippen LogP contribution in [0.1, 0.15) is 76.0 Å². The summed E-state index contributed by atoms with van der Waals surface area (Å²) in [6, 6.07) is 6.91. The minimum Gasteiger partial charge on any atom is -0.744 e. The second-order valence-electron chi connectivity index (χ2n) is 7.06. The number of hydrogen-bond acceptors (Lipinski definition) is 3. The maximum atomic E-state index is 11.7. The molecule has 0 heterocycles. The molecule has 0 aliphatic rings. The van der Waals surface area contributed by atoms with E-state index < -0.39 is 10.1 Å². The van der Waals surface area contributed by atoms with Crippen molar-refractivity contribution in [3.63, 3.8) is 0 Å². The average Bonchev–Trinajstić information content (AvgIpc) is 2.42. The van der Waals surface area contributed by atoms with Gasteiger partial charge in [-0.25, -0.2) is 8.42 Å². The average molecular weight is 356 g/mol. The van der Waals surface area contributed by atoms with E-state index in [0.717, 1.165) is 16.5 Å². The van der Waals surface area contributed by atoms with Crippen LogP contribution in [0.5, 0.6) is 0 Å². The first-order valence-electron chi connectivity index (χ1n) is 8.11. The first-order valence-corrected chi connectivity index (χ1v) is 9.51. The molecule has 0 spiro atoms. The van der Waals surface area contributed by atoms with Crippen LogP contribution in [0.25, 0.3) is 10.8 Å². The molecule has 0 N–H and O–H groups in total. The van der Waals surface area contributed by atoms with E-state index in [1.807, 2.05) is 12.1 Å². The van der Waals surface area contributed by atoms with Gasteiger partial charge in [-0.3, -0.25) is 0 Å². The number of benzene rings is 2. The van der Waals surface area contributed by atoms with Crippen molar-refractivity contribution in [2.45, 2.75) is 64.2 Å². The molecule has 2 aromatic rings. The van der Waals surface area contributed by atoms with Gasteiger partial charge in [0.2, 0.25) is 0 Å². The smallest absolute Gasteiger partial charge is 0.744 e. The molecule has 2 rings (SSSR count). The Labute approximate surface area is 167 Å². The van der Waals surface area contributed by atoms with Crippen LogP contribution in [0.2, 0.25) is 0 Å². The first-order chi connectivity index (χ1) is 10.6. The molecular weight excluding hydrogens is 331 g/mol. The van der Waals surface area contributed by atoms with E-state index in [-0.39, 0.29) is 46.3 Å². The second-order valence-corrected chi connectivity index (χ2v) is 8.41. The van der Waals surface area contributed by atoms with Gasteiger partial charge in [0.15, 0.2) is 0 Å². The molecule has 5 heteroatoms. The van der Waals surface area contributed by atoms with Crippen molar-refractivity contribution in [1.82, 2.24) is 0 Å². The van der Waals surface area contributed by atoms with Crippen LogP contribution in [0, 0.1) is 0 Å². The van der Waals surface area contributed by atoms with Gasteiger partial charge in [0.1, 0.15) is 10.1 Å². The monoisotopic (exact) mass is 356 g/mol. The van der Waals surface area contributed by atoms with Crippen molar-refractivity contribution >= 4 is 20.9 Å². The van der Waals surface area contributed by atoms with Crippen molar-refractivity contribution in [2.75, 3.05) is 0 Å². The van der Waals surface area contributed by atoms with Gasteiger partial charge in [-0.15, -0.1) is 0 Å². The fraction of sp³-hybridized carbons (Fsp3) is 0.474. The Morgan fingerprint density at radius 1 is 0.833 bits per heavy atom. The Hall–Kier alpha value is -0.390. The molecule has 0 amide bonds. The molecule has 24 heavy (non-hydrogen) atoms. The summed E-state index contributed by atoms with van der Waals surface area (Å²) >= 11 is 0. The van der Waals surface area contributed by atoms with Crippen LogP contribution in [-0.4, -0.2) is 13.0 Å². The standard InChI is InChI=1S/C19H26O3S.Na/c1-11(2)15-10-16-14(8-7-9-17(16)23(20,21)22)18(12(3)4)19(15)13(5)6;/h7-13H,1-6H3,(H,20,21,22);/q;+1/p-1. The number of hydrogen-bond donors (Lipinski definition) is 0. The summed E-state index contributed by atoms with van der Waals surface area (Å²) in [5.74, 6) is 0.844. The van der Waals surface area contributed by atoms with Crippen LogP contribution < -0.4 is 29.6 Å². The molecule has 0 saturated heterocycles. The molecule has 0 unspecified atom stereocenters. The Morgan fingerprint density at radius 2 is 1.38 bits per heavy atom. The molecule has 0 bridgehead atoms. The predicted octanol–water partition coefficient (Wildman–Crippen LogP) is 2.12. The largest absolute Gasteiger partial charge is 1.00 e. The minimum atomic E-state index is -4.50. The van der Waals surface area contributed by atoms with Crippen molar-refractivity contribution < 1.29 is 42.5 Å². The van der Waals surface area contributed by atoms with Gasteiger partial charge in [0.25, 0.3) is 0 Å². The van der Waals surface area contributed by atoms with E-state index in [2.05, 4.69) is 41.5 Å². The Kier molecular flexibility index (Phi) is 7.11.